The van der Waals surface area contributed by atoms with Gasteiger partial charge in [-0.2, -0.15) is 5.26 Å². The van der Waals surface area contributed by atoms with E-state index in [1.165, 1.54) is 0 Å². The Kier molecular flexibility index (Phi) is 4.44. The monoisotopic (exact) mass is 208 g/mol. The molecule has 1 heterocycles. The molecule has 0 saturated carbocycles. The van der Waals surface area contributed by atoms with Crippen LogP contribution >= 0.6 is 11.8 Å². The zero-order valence-electron chi connectivity index (χ0n) is 7.97. The summed E-state index contributed by atoms with van der Waals surface area (Å²) in [5.74, 6) is 0. The molecule has 0 aliphatic rings. The van der Waals surface area contributed by atoms with Crippen LogP contribution in [-0.4, -0.2) is 21.9 Å². The molecule has 0 bridgehead atoms. The molecule has 0 aliphatic heterocycles. The highest BCUT2D eigenvalue weighted by atomic mass is 32.2. The number of aromatic nitrogens is 1. The first-order chi connectivity index (χ1) is 6.76. The fourth-order valence-electron chi connectivity index (χ4n) is 0.990. The van der Waals surface area contributed by atoms with Crippen LogP contribution in [0.4, 0.5) is 0 Å². The number of thioether (sulfide) groups is 1. The molecule has 74 valence electrons. The van der Waals surface area contributed by atoms with Crippen molar-refractivity contribution < 1.29 is 5.11 Å². The molecule has 0 amide bonds. The zero-order valence-corrected chi connectivity index (χ0v) is 8.79. The van der Waals surface area contributed by atoms with E-state index in [1.54, 1.807) is 30.1 Å². The van der Waals surface area contributed by atoms with E-state index in [1.807, 2.05) is 6.92 Å². The lowest BCUT2D eigenvalue weighted by Gasteiger charge is -2.07. The van der Waals surface area contributed by atoms with E-state index in [-0.39, 0.29) is 6.61 Å². The molecule has 0 radical (unpaired) electrons. The van der Waals surface area contributed by atoms with Crippen molar-refractivity contribution in [1.29, 1.82) is 5.26 Å². The van der Waals surface area contributed by atoms with Gasteiger partial charge >= 0.3 is 0 Å². The van der Waals surface area contributed by atoms with Gasteiger partial charge in [0.25, 0.3) is 0 Å². The first-order valence-corrected chi connectivity index (χ1v) is 5.28. The van der Waals surface area contributed by atoms with Crippen molar-refractivity contribution in [1.82, 2.24) is 4.98 Å². The van der Waals surface area contributed by atoms with E-state index in [9.17, 15) is 0 Å². The predicted octanol–water partition coefficient (Wildman–Crippen LogP) is 1.82. The number of nitrogens with zero attached hydrogens (tertiary/aromatic N) is 2. The van der Waals surface area contributed by atoms with Gasteiger partial charge in [0, 0.05) is 18.1 Å². The van der Waals surface area contributed by atoms with Gasteiger partial charge in [0.2, 0.25) is 0 Å². The summed E-state index contributed by atoms with van der Waals surface area (Å²) < 4.78 is 0. The number of pyridine rings is 1. The molecule has 1 unspecified atom stereocenters. The van der Waals surface area contributed by atoms with E-state index in [0.29, 0.717) is 10.8 Å². The minimum Gasteiger partial charge on any atom is -0.396 e. The first kappa shape index (κ1) is 11.0. The molecule has 1 rings (SSSR count). The van der Waals surface area contributed by atoms with Crippen LogP contribution in [0.1, 0.15) is 18.9 Å². The summed E-state index contributed by atoms with van der Waals surface area (Å²) in [5, 5.41) is 18.6. The summed E-state index contributed by atoms with van der Waals surface area (Å²) in [5.41, 5.74) is 0.624. The minimum atomic E-state index is 0.187. The quantitative estimate of drug-likeness (QED) is 0.767. The number of hydrogen-bond donors (Lipinski definition) is 1. The lowest BCUT2D eigenvalue weighted by molar-refractivity contribution is 0.289. The van der Waals surface area contributed by atoms with Crippen LogP contribution in [0.3, 0.4) is 0 Å². The molecule has 1 aromatic heterocycles. The topological polar surface area (TPSA) is 56.9 Å². The van der Waals surface area contributed by atoms with Crippen LogP contribution in [0.25, 0.3) is 0 Å². The fourth-order valence-corrected chi connectivity index (χ4v) is 1.94. The molecular formula is C10H12N2OS. The summed E-state index contributed by atoms with van der Waals surface area (Å²) in [7, 11) is 0. The summed E-state index contributed by atoms with van der Waals surface area (Å²) in [6.07, 6.45) is 2.37. The highest BCUT2D eigenvalue weighted by Crippen LogP contribution is 2.23. The highest BCUT2D eigenvalue weighted by Gasteiger charge is 2.05. The van der Waals surface area contributed by atoms with E-state index in [0.717, 1.165) is 11.4 Å². The molecule has 14 heavy (non-hydrogen) atoms. The number of hydrogen-bond acceptors (Lipinski definition) is 4. The van der Waals surface area contributed by atoms with E-state index in [2.05, 4.69) is 11.1 Å². The second kappa shape index (κ2) is 5.63. The van der Waals surface area contributed by atoms with Crippen molar-refractivity contribution in [2.45, 2.75) is 23.6 Å². The Morgan fingerprint density at radius 3 is 3.14 bits per heavy atom. The van der Waals surface area contributed by atoms with Gasteiger partial charge in [-0.05, 0) is 18.6 Å². The maximum absolute atomic E-state index is 8.73. The zero-order chi connectivity index (χ0) is 10.4. The van der Waals surface area contributed by atoms with Gasteiger partial charge in [0.1, 0.15) is 0 Å². The van der Waals surface area contributed by atoms with Crippen molar-refractivity contribution in [2.75, 3.05) is 6.61 Å². The fraction of sp³-hybridized carbons (Fsp3) is 0.400. The molecule has 0 aliphatic carbocycles. The lowest BCUT2D eigenvalue weighted by Crippen LogP contribution is -1.99. The largest absolute Gasteiger partial charge is 0.396 e. The first-order valence-electron chi connectivity index (χ1n) is 4.40. The predicted molar refractivity (Wildman–Crippen MR) is 56.0 cm³/mol. The molecule has 1 atom stereocenters. The van der Waals surface area contributed by atoms with Crippen LogP contribution < -0.4 is 0 Å². The van der Waals surface area contributed by atoms with Crippen LogP contribution in [-0.2, 0) is 0 Å². The van der Waals surface area contributed by atoms with E-state index < -0.39 is 0 Å². The number of aliphatic hydroxyl groups is 1. The Hall–Kier alpha value is -1.05. The summed E-state index contributed by atoms with van der Waals surface area (Å²) in [6.45, 7) is 2.22. The van der Waals surface area contributed by atoms with Crippen molar-refractivity contribution in [2.24, 2.45) is 0 Å². The molecule has 1 N–H and O–H groups in total. The summed E-state index contributed by atoms with van der Waals surface area (Å²) in [6, 6.07) is 5.51. The van der Waals surface area contributed by atoms with Gasteiger partial charge in [-0.1, -0.05) is 6.92 Å². The molecule has 4 heteroatoms. The van der Waals surface area contributed by atoms with Crippen molar-refractivity contribution in [3.63, 3.8) is 0 Å². The molecule has 0 aromatic carbocycles. The second-order valence-electron chi connectivity index (χ2n) is 2.94. The number of rotatable bonds is 4. The smallest absolute Gasteiger partial charge is 0.0993 e. The Morgan fingerprint density at radius 1 is 1.71 bits per heavy atom. The van der Waals surface area contributed by atoms with Crippen LogP contribution in [0.15, 0.2) is 23.4 Å². The Bertz CT molecular complexity index is 335. The van der Waals surface area contributed by atoms with Gasteiger partial charge in [-0.15, -0.1) is 11.8 Å². The maximum atomic E-state index is 8.73. The summed E-state index contributed by atoms with van der Waals surface area (Å²) >= 11 is 1.58. The van der Waals surface area contributed by atoms with Gasteiger partial charge < -0.3 is 5.11 Å². The molecule has 1 aromatic rings. The average Bonchev–Trinajstić information content (AvgIpc) is 2.18. The number of aliphatic hydroxyl groups excluding tert-OH is 1. The van der Waals surface area contributed by atoms with Gasteiger partial charge in [0.15, 0.2) is 0 Å². The summed E-state index contributed by atoms with van der Waals surface area (Å²) in [4.78, 5) is 4.14. The maximum Gasteiger partial charge on any atom is 0.0993 e. The third kappa shape index (κ3) is 3.36. The third-order valence-corrected chi connectivity index (χ3v) is 2.82. The third-order valence-electron chi connectivity index (χ3n) is 1.72. The van der Waals surface area contributed by atoms with Crippen molar-refractivity contribution in [3.8, 4) is 6.07 Å². The van der Waals surface area contributed by atoms with Crippen LogP contribution in [0, 0.1) is 11.3 Å². The standard InChI is InChI=1S/C10H12N2OS/c1-8(3-5-13)14-10-6-9(7-11)2-4-12-10/h2,4,6,8,13H,3,5H2,1H3. The number of nitriles is 1. The van der Waals surface area contributed by atoms with Gasteiger partial charge in [-0.25, -0.2) is 4.98 Å². The van der Waals surface area contributed by atoms with Gasteiger partial charge in [0.05, 0.1) is 16.7 Å². The van der Waals surface area contributed by atoms with Crippen molar-refractivity contribution in [3.05, 3.63) is 23.9 Å². The lowest BCUT2D eigenvalue weighted by atomic mass is 10.3. The van der Waals surface area contributed by atoms with E-state index >= 15 is 0 Å². The normalized spacial score (nSPS) is 12.1. The van der Waals surface area contributed by atoms with Gasteiger partial charge in [-0.3, -0.25) is 0 Å². The average molecular weight is 208 g/mol. The minimum absolute atomic E-state index is 0.187. The second-order valence-corrected chi connectivity index (χ2v) is 4.39. The molecule has 3 nitrogen and oxygen atoms in total. The van der Waals surface area contributed by atoms with Crippen LogP contribution in [0.2, 0.25) is 0 Å². The molecule has 0 saturated heterocycles. The van der Waals surface area contributed by atoms with Crippen molar-refractivity contribution >= 4 is 11.8 Å². The highest BCUT2D eigenvalue weighted by molar-refractivity contribution is 7.99. The molecule has 0 spiro atoms. The Balaban J connectivity index is 2.63. The molecular weight excluding hydrogens is 196 g/mol. The molecule has 0 fully saturated rings. The van der Waals surface area contributed by atoms with E-state index in [4.69, 9.17) is 10.4 Å². The van der Waals surface area contributed by atoms with Crippen LogP contribution in [0.5, 0.6) is 0 Å². The Morgan fingerprint density at radius 2 is 2.50 bits per heavy atom. The Labute approximate surface area is 87.8 Å². The SMILES string of the molecule is CC(CCO)Sc1cc(C#N)ccn1.